The standard InChI is InChI=1S/C25H40FNO3/c1-2-3-4-5-6-7-8-9-10-11-12-13-14-20-30-24(28)18-19-27-25(29)22-16-15-17-23(26)21-22/h15-17,21H,2-14,18-20H2,1H3,(H,27,29). The summed E-state index contributed by atoms with van der Waals surface area (Å²) in [6, 6.07) is 5.46. The zero-order chi connectivity index (χ0) is 21.9. The van der Waals surface area contributed by atoms with Crippen molar-refractivity contribution >= 4 is 11.9 Å². The van der Waals surface area contributed by atoms with Crippen LogP contribution in [0.1, 0.15) is 107 Å². The molecule has 0 unspecified atom stereocenters. The van der Waals surface area contributed by atoms with Gasteiger partial charge in [0.1, 0.15) is 5.82 Å². The first-order valence-electron chi connectivity index (χ1n) is 11.8. The average Bonchev–Trinajstić information content (AvgIpc) is 2.74. The van der Waals surface area contributed by atoms with E-state index in [1.807, 2.05) is 0 Å². The predicted octanol–water partition coefficient (Wildman–Crippen LogP) is 6.58. The van der Waals surface area contributed by atoms with Gasteiger partial charge in [-0.15, -0.1) is 0 Å². The number of unbranched alkanes of at least 4 members (excludes halogenated alkanes) is 12. The molecule has 1 N–H and O–H groups in total. The first-order valence-corrected chi connectivity index (χ1v) is 11.8. The van der Waals surface area contributed by atoms with Crippen molar-refractivity contribution in [2.75, 3.05) is 13.2 Å². The van der Waals surface area contributed by atoms with Crippen molar-refractivity contribution in [2.45, 2.75) is 96.8 Å². The van der Waals surface area contributed by atoms with Gasteiger partial charge in [-0.05, 0) is 24.6 Å². The molecule has 0 radical (unpaired) electrons. The second-order valence-electron chi connectivity index (χ2n) is 7.98. The Morgan fingerprint density at radius 2 is 1.43 bits per heavy atom. The highest BCUT2D eigenvalue weighted by Gasteiger charge is 2.08. The van der Waals surface area contributed by atoms with Gasteiger partial charge in [0.25, 0.3) is 5.91 Å². The Hall–Kier alpha value is -1.91. The third-order valence-corrected chi connectivity index (χ3v) is 5.21. The van der Waals surface area contributed by atoms with Crippen molar-refractivity contribution in [1.29, 1.82) is 0 Å². The van der Waals surface area contributed by atoms with E-state index in [1.165, 1.54) is 94.9 Å². The second kappa shape index (κ2) is 17.9. The summed E-state index contributed by atoms with van der Waals surface area (Å²) in [7, 11) is 0. The van der Waals surface area contributed by atoms with E-state index in [1.54, 1.807) is 0 Å². The summed E-state index contributed by atoms with van der Waals surface area (Å²) in [5, 5.41) is 2.60. The molecule has 4 nitrogen and oxygen atoms in total. The van der Waals surface area contributed by atoms with Crippen LogP contribution in [0.4, 0.5) is 4.39 Å². The molecule has 0 bridgehead atoms. The zero-order valence-corrected chi connectivity index (χ0v) is 18.7. The molecule has 0 aliphatic carbocycles. The molecule has 0 atom stereocenters. The van der Waals surface area contributed by atoms with Gasteiger partial charge in [-0.3, -0.25) is 9.59 Å². The average molecular weight is 422 g/mol. The maximum atomic E-state index is 13.1. The minimum Gasteiger partial charge on any atom is -0.466 e. The summed E-state index contributed by atoms with van der Waals surface area (Å²) in [5.41, 5.74) is 0.246. The van der Waals surface area contributed by atoms with Gasteiger partial charge in [0.15, 0.2) is 0 Å². The minimum absolute atomic E-state index is 0.125. The molecule has 0 fully saturated rings. The third-order valence-electron chi connectivity index (χ3n) is 5.21. The number of carbonyl (C=O) groups is 2. The fraction of sp³-hybridized carbons (Fsp3) is 0.680. The molecular formula is C25H40FNO3. The maximum Gasteiger partial charge on any atom is 0.307 e. The van der Waals surface area contributed by atoms with Gasteiger partial charge in [-0.1, -0.05) is 90.0 Å². The van der Waals surface area contributed by atoms with Crippen LogP contribution in [-0.4, -0.2) is 25.0 Å². The lowest BCUT2D eigenvalue weighted by Gasteiger charge is -2.07. The normalized spacial score (nSPS) is 10.7. The predicted molar refractivity (Wildman–Crippen MR) is 120 cm³/mol. The Balaban J connectivity index is 1.87. The topological polar surface area (TPSA) is 55.4 Å². The van der Waals surface area contributed by atoms with Crippen LogP contribution in [0.15, 0.2) is 24.3 Å². The van der Waals surface area contributed by atoms with Gasteiger partial charge < -0.3 is 10.1 Å². The number of rotatable bonds is 18. The highest BCUT2D eigenvalue weighted by molar-refractivity contribution is 5.94. The summed E-state index contributed by atoms with van der Waals surface area (Å²) in [5.74, 6) is -1.16. The number of hydrogen-bond donors (Lipinski definition) is 1. The Bertz CT molecular complexity index is 592. The zero-order valence-electron chi connectivity index (χ0n) is 18.7. The lowest BCUT2D eigenvalue weighted by molar-refractivity contribution is -0.143. The molecule has 5 heteroatoms. The van der Waals surface area contributed by atoms with Crippen molar-refractivity contribution in [3.8, 4) is 0 Å². The van der Waals surface area contributed by atoms with E-state index in [-0.39, 0.29) is 24.5 Å². The molecular weight excluding hydrogens is 381 g/mol. The summed E-state index contributed by atoms with van der Waals surface area (Å²) in [4.78, 5) is 23.5. The fourth-order valence-electron chi connectivity index (χ4n) is 3.39. The Labute approximate surface area is 182 Å². The van der Waals surface area contributed by atoms with Crippen LogP contribution >= 0.6 is 0 Å². The van der Waals surface area contributed by atoms with Crippen LogP contribution in [0.2, 0.25) is 0 Å². The van der Waals surface area contributed by atoms with Crippen molar-refractivity contribution in [2.24, 2.45) is 0 Å². The van der Waals surface area contributed by atoms with Gasteiger partial charge in [0.2, 0.25) is 0 Å². The van der Waals surface area contributed by atoms with Crippen LogP contribution in [-0.2, 0) is 9.53 Å². The molecule has 30 heavy (non-hydrogen) atoms. The van der Waals surface area contributed by atoms with Crippen LogP contribution in [0.3, 0.4) is 0 Å². The number of hydrogen-bond acceptors (Lipinski definition) is 3. The number of nitrogens with one attached hydrogen (secondary N) is 1. The second-order valence-corrected chi connectivity index (χ2v) is 7.98. The monoisotopic (exact) mass is 421 g/mol. The van der Waals surface area contributed by atoms with E-state index in [2.05, 4.69) is 12.2 Å². The number of ether oxygens (including phenoxy) is 1. The first-order chi connectivity index (χ1) is 14.6. The Morgan fingerprint density at radius 3 is 2.00 bits per heavy atom. The lowest BCUT2D eigenvalue weighted by atomic mass is 10.0. The van der Waals surface area contributed by atoms with Crippen LogP contribution in [0, 0.1) is 5.82 Å². The van der Waals surface area contributed by atoms with E-state index in [0.29, 0.717) is 6.61 Å². The molecule has 1 amide bonds. The van der Waals surface area contributed by atoms with E-state index in [0.717, 1.165) is 12.8 Å². The molecule has 0 aliphatic heterocycles. The summed E-state index contributed by atoms with van der Waals surface area (Å²) in [6.07, 6.45) is 16.8. The number of halogens is 1. The van der Waals surface area contributed by atoms with Crippen molar-refractivity contribution in [3.63, 3.8) is 0 Å². The highest BCUT2D eigenvalue weighted by atomic mass is 19.1. The SMILES string of the molecule is CCCCCCCCCCCCCCCOC(=O)CCNC(=O)c1cccc(F)c1. The van der Waals surface area contributed by atoms with Gasteiger partial charge in [0, 0.05) is 12.1 Å². The summed E-state index contributed by atoms with van der Waals surface area (Å²) < 4.78 is 18.3. The molecule has 0 aliphatic rings. The van der Waals surface area contributed by atoms with E-state index in [9.17, 15) is 14.0 Å². The highest BCUT2D eigenvalue weighted by Crippen LogP contribution is 2.12. The van der Waals surface area contributed by atoms with Crippen LogP contribution < -0.4 is 5.32 Å². The van der Waals surface area contributed by atoms with Crippen molar-refractivity contribution in [1.82, 2.24) is 5.32 Å². The number of esters is 1. The van der Waals surface area contributed by atoms with E-state index >= 15 is 0 Å². The lowest BCUT2D eigenvalue weighted by Crippen LogP contribution is -2.26. The number of carbonyl (C=O) groups excluding carboxylic acids is 2. The number of amides is 1. The van der Waals surface area contributed by atoms with Gasteiger partial charge in [0.05, 0.1) is 13.0 Å². The number of benzene rings is 1. The quantitative estimate of drug-likeness (QED) is 0.215. The molecule has 0 saturated heterocycles. The fourth-order valence-corrected chi connectivity index (χ4v) is 3.39. The van der Waals surface area contributed by atoms with E-state index in [4.69, 9.17) is 4.74 Å². The largest absolute Gasteiger partial charge is 0.466 e. The smallest absolute Gasteiger partial charge is 0.307 e. The molecule has 1 rings (SSSR count). The van der Waals surface area contributed by atoms with Gasteiger partial charge in [-0.2, -0.15) is 0 Å². The third kappa shape index (κ3) is 14.1. The van der Waals surface area contributed by atoms with Crippen LogP contribution in [0.5, 0.6) is 0 Å². The van der Waals surface area contributed by atoms with Crippen molar-refractivity contribution in [3.05, 3.63) is 35.6 Å². The summed E-state index contributed by atoms with van der Waals surface area (Å²) in [6.45, 7) is 2.88. The van der Waals surface area contributed by atoms with E-state index < -0.39 is 11.7 Å². The molecule has 1 aromatic carbocycles. The first kappa shape index (κ1) is 26.1. The van der Waals surface area contributed by atoms with Crippen LogP contribution in [0.25, 0.3) is 0 Å². The molecule has 1 aromatic rings. The molecule has 0 saturated carbocycles. The molecule has 170 valence electrons. The van der Waals surface area contributed by atoms with Crippen molar-refractivity contribution < 1.29 is 18.7 Å². The maximum absolute atomic E-state index is 13.1. The Morgan fingerprint density at radius 1 is 0.867 bits per heavy atom. The molecule has 0 spiro atoms. The summed E-state index contributed by atoms with van der Waals surface area (Å²) >= 11 is 0. The molecule has 0 heterocycles. The molecule has 0 aromatic heterocycles. The van der Waals surface area contributed by atoms with Gasteiger partial charge >= 0.3 is 5.97 Å². The minimum atomic E-state index is -0.458. The van der Waals surface area contributed by atoms with Gasteiger partial charge in [-0.25, -0.2) is 4.39 Å². The Kier molecular flexibility index (Phi) is 15.6.